The van der Waals surface area contributed by atoms with Crippen molar-refractivity contribution in [3.63, 3.8) is 0 Å². The maximum absolute atomic E-state index is 6.49. The van der Waals surface area contributed by atoms with Crippen LogP contribution in [-0.2, 0) is 10.8 Å². The van der Waals surface area contributed by atoms with Gasteiger partial charge >= 0.3 is 0 Å². The van der Waals surface area contributed by atoms with Crippen molar-refractivity contribution < 1.29 is 4.74 Å². The Labute approximate surface area is 187 Å². The Kier molecular flexibility index (Phi) is 7.03. The van der Waals surface area contributed by atoms with E-state index >= 15 is 0 Å². The van der Waals surface area contributed by atoms with Crippen molar-refractivity contribution in [3.05, 3.63) is 58.7 Å². The molecule has 1 aromatic rings. The quantitative estimate of drug-likeness (QED) is 0.348. The van der Waals surface area contributed by atoms with Gasteiger partial charge in [0.05, 0.1) is 8.80 Å². The zero-order valence-electron chi connectivity index (χ0n) is 21.4. The third-order valence-corrected chi connectivity index (χ3v) is 8.34. The fraction of sp³-hybridized carbons (Fsp3) is 0.571. The second-order valence-corrected chi connectivity index (χ2v) is 14.7. The summed E-state index contributed by atoms with van der Waals surface area (Å²) in [5.74, 6) is 1.09. The predicted octanol–water partition coefficient (Wildman–Crippen LogP) is 7.13. The highest BCUT2D eigenvalue weighted by molar-refractivity contribution is 6.71. The normalized spacial score (nSPS) is 15.3. The Morgan fingerprint density at radius 2 is 1.63 bits per heavy atom. The van der Waals surface area contributed by atoms with Gasteiger partial charge in [-0.3, -0.25) is 0 Å². The molecule has 1 aliphatic carbocycles. The molecule has 166 valence electrons. The smallest absolute Gasteiger partial charge is 0.127 e. The monoisotopic (exact) mass is 424 g/mol. The third kappa shape index (κ3) is 4.85. The maximum Gasteiger partial charge on any atom is 0.127 e. The summed E-state index contributed by atoms with van der Waals surface area (Å²) in [5.41, 5.74) is 7.20. The Morgan fingerprint density at radius 1 is 1.03 bits per heavy atom. The maximum atomic E-state index is 6.49. The molecular weight excluding hydrogens is 380 g/mol. The highest BCUT2D eigenvalue weighted by atomic mass is 28.3. The SMILES string of the molecule is C=CCOc1c(C(C)(C)C)cc(C)c([SiH](C)C)c1C(C)(C)C1=CCC(C(C)(C)C)=C1. The van der Waals surface area contributed by atoms with Gasteiger partial charge in [-0.05, 0) is 29.7 Å². The first-order valence-corrected chi connectivity index (χ1v) is 14.3. The lowest BCUT2D eigenvalue weighted by Gasteiger charge is -2.36. The fourth-order valence-corrected chi connectivity index (χ4v) is 6.72. The largest absolute Gasteiger partial charge is 0.489 e. The first-order chi connectivity index (χ1) is 13.6. The van der Waals surface area contributed by atoms with Gasteiger partial charge in [0, 0.05) is 16.5 Å². The van der Waals surface area contributed by atoms with Gasteiger partial charge in [0.1, 0.15) is 12.4 Å². The molecule has 0 heterocycles. The summed E-state index contributed by atoms with van der Waals surface area (Å²) in [7, 11) is -1.09. The van der Waals surface area contributed by atoms with E-state index in [1.807, 2.05) is 6.08 Å². The van der Waals surface area contributed by atoms with Crippen LogP contribution in [0.25, 0.3) is 0 Å². The van der Waals surface area contributed by atoms with E-state index in [1.54, 1.807) is 5.19 Å². The standard InChI is InChI=1S/C28H44OSi/c1-13-16-29-24-22(27(6,7)8)17-19(2)25(30(11)12)23(24)28(9,10)21-15-14-20(18-21)26(3,4)5/h13,15,17-18,30H,1,14,16H2,2-12H3. The molecule has 0 bridgehead atoms. The van der Waals surface area contributed by atoms with Crippen LogP contribution in [-0.4, -0.2) is 15.4 Å². The topological polar surface area (TPSA) is 9.23 Å². The van der Waals surface area contributed by atoms with Crippen LogP contribution in [0.15, 0.2) is 42.0 Å². The van der Waals surface area contributed by atoms with Crippen molar-refractivity contribution in [1.29, 1.82) is 0 Å². The van der Waals surface area contributed by atoms with Crippen LogP contribution >= 0.6 is 0 Å². The summed E-state index contributed by atoms with van der Waals surface area (Å²) in [4.78, 5) is 0. The van der Waals surface area contributed by atoms with Gasteiger partial charge in [-0.25, -0.2) is 0 Å². The van der Waals surface area contributed by atoms with Gasteiger partial charge in [0.2, 0.25) is 0 Å². The highest BCUT2D eigenvalue weighted by Gasteiger charge is 2.37. The Hall–Kier alpha value is -1.54. The molecule has 0 fully saturated rings. The minimum absolute atomic E-state index is 0.0135. The lowest BCUT2D eigenvalue weighted by molar-refractivity contribution is 0.341. The summed E-state index contributed by atoms with van der Waals surface area (Å²) < 4.78 is 6.49. The molecule has 0 saturated heterocycles. The van der Waals surface area contributed by atoms with Crippen LogP contribution in [0.3, 0.4) is 0 Å². The zero-order chi connectivity index (χ0) is 23.1. The molecule has 0 aromatic heterocycles. The molecular formula is C28H44OSi. The van der Waals surface area contributed by atoms with Crippen molar-refractivity contribution in [2.24, 2.45) is 5.41 Å². The molecule has 0 amide bonds. The van der Waals surface area contributed by atoms with Gasteiger partial charge in [-0.2, -0.15) is 0 Å². The molecule has 0 N–H and O–H groups in total. The van der Waals surface area contributed by atoms with Crippen molar-refractivity contribution in [1.82, 2.24) is 0 Å². The number of ether oxygens (including phenoxy) is 1. The molecule has 0 saturated carbocycles. The van der Waals surface area contributed by atoms with Crippen LogP contribution in [0.4, 0.5) is 0 Å². The van der Waals surface area contributed by atoms with E-state index < -0.39 is 8.80 Å². The van der Waals surface area contributed by atoms with E-state index in [2.05, 4.69) is 100 Å². The summed E-state index contributed by atoms with van der Waals surface area (Å²) in [5, 5.41) is 1.56. The van der Waals surface area contributed by atoms with Gasteiger partial charge in [0.25, 0.3) is 0 Å². The summed E-state index contributed by atoms with van der Waals surface area (Å²) in [6, 6.07) is 2.39. The molecule has 0 unspecified atom stereocenters. The number of aryl methyl sites for hydroxylation is 1. The van der Waals surface area contributed by atoms with Crippen LogP contribution in [0.1, 0.15) is 78.5 Å². The van der Waals surface area contributed by atoms with E-state index in [-0.39, 0.29) is 16.2 Å². The van der Waals surface area contributed by atoms with Gasteiger partial charge in [-0.1, -0.05) is 116 Å². The summed E-state index contributed by atoms with van der Waals surface area (Å²) >= 11 is 0. The minimum Gasteiger partial charge on any atom is -0.489 e. The summed E-state index contributed by atoms with van der Waals surface area (Å²) in [6.07, 6.45) is 7.82. The lowest BCUT2D eigenvalue weighted by atomic mass is 9.73. The second-order valence-electron chi connectivity index (χ2n) is 11.8. The van der Waals surface area contributed by atoms with E-state index in [0.29, 0.717) is 6.61 Å². The average molecular weight is 425 g/mol. The number of rotatable bonds is 6. The van der Waals surface area contributed by atoms with E-state index in [4.69, 9.17) is 4.74 Å². The fourth-order valence-electron chi connectivity index (χ4n) is 4.66. The highest BCUT2D eigenvalue weighted by Crippen LogP contribution is 2.46. The van der Waals surface area contributed by atoms with Crippen molar-refractivity contribution in [3.8, 4) is 5.75 Å². The molecule has 0 aliphatic heterocycles. The first kappa shape index (κ1) is 24.7. The van der Waals surface area contributed by atoms with E-state index in [9.17, 15) is 0 Å². The second kappa shape index (κ2) is 8.53. The van der Waals surface area contributed by atoms with Gasteiger partial charge in [0.15, 0.2) is 0 Å². The molecule has 2 heteroatoms. The number of hydrogen-bond donors (Lipinski definition) is 0. The predicted molar refractivity (Wildman–Crippen MR) is 137 cm³/mol. The lowest BCUT2D eigenvalue weighted by Crippen LogP contribution is -2.38. The molecule has 2 rings (SSSR count). The Morgan fingerprint density at radius 3 is 2.07 bits per heavy atom. The molecule has 0 radical (unpaired) electrons. The van der Waals surface area contributed by atoms with Gasteiger partial charge in [-0.15, -0.1) is 0 Å². The number of benzene rings is 1. The Bertz CT molecular complexity index is 867. The van der Waals surface area contributed by atoms with E-state index in [1.165, 1.54) is 27.8 Å². The van der Waals surface area contributed by atoms with E-state index in [0.717, 1.165) is 12.2 Å². The summed E-state index contributed by atoms with van der Waals surface area (Å²) in [6.45, 7) is 30.2. The van der Waals surface area contributed by atoms with Crippen LogP contribution in [0, 0.1) is 12.3 Å². The number of hydrogen-bond acceptors (Lipinski definition) is 1. The molecule has 30 heavy (non-hydrogen) atoms. The van der Waals surface area contributed by atoms with Crippen molar-refractivity contribution in [2.45, 2.75) is 92.7 Å². The average Bonchev–Trinajstić information content (AvgIpc) is 3.09. The van der Waals surface area contributed by atoms with Crippen LogP contribution in [0.2, 0.25) is 13.1 Å². The molecule has 1 aliphatic rings. The van der Waals surface area contributed by atoms with Crippen LogP contribution in [0.5, 0.6) is 5.75 Å². The molecule has 1 nitrogen and oxygen atoms in total. The zero-order valence-corrected chi connectivity index (χ0v) is 22.6. The van der Waals surface area contributed by atoms with Crippen LogP contribution < -0.4 is 9.92 Å². The first-order valence-electron chi connectivity index (χ1n) is 11.5. The minimum atomic E-state index is -1.09. The molecule has 0 atom stereocenters. The third-order valence-electron chi connectivity index (χ3n) is 6.44. The van der Waals surface area contributed by atoms with Crippen molar-refractivity contribution in [2.75, 3.05) is 6.61 Å². The molecule has 1 aromatic carbocycles. The van der Waals surface area contributed by atoms with Crippen molar-refractivity contribution >= 4 is 14.0 Å². The number of allylic oxidation sites excluding steroid dienone is 4. The molecule has 0 spiro atoms. The Balaban J connectivity index is 2.86. The van der Waals surface area contributed by atoms with Gasteiger partial charge < -0.3 is 4.74 Å².